The maximum absolute atomic E-state index is 9.71. The van der Waals surface area contributed by atoms with Crippen LogP contribution in [0.4, 0.5) is 0 Å². The van der Waals surface area contributed by atoms with Crippen LogP contribution in [0.1, 0.15) is 22.6 Å². The van der Waals surface area contributed by atoms with Gasteiger partial charge in [-0.3, -0.25) is 0 Å². The van der Waals surface area contributed by atoms with Gasteiger partial charge in [-0.1, -0.05) is 42.5 Å². The molecule has 3 rings (SSSR count). The van der Waals surface area contributed by atoms with Gasteiger partial charge in [0.05, 0.1) is 13.2 Å². The third-order valence-corrected chi connectivity index (χ3v) is 3.65. The van der Waals surface area contributed by atoms with Crippen molar-refractivity contribution in [2.75, 3.05) is 13.7 Å². The number of hydrogen-bond donors (Lipinski definition) is 1. The standard InChI is InChI=1S/C16H16O2/c1-18-10-11-5-4-8-14-12-6-2-3-7-13(12)15(9-17)16(11)14/h2-8,15,17H,9-10H2,1H3. The van der Waals surface area contributed by atoms with Crippen LogP contribution in [0.15, 0.2) is 42.5 Å². The summed E-state index contributed by atoms with van der Waals surface area (Å²) in [4.78, 5) is 0. The quantitative estimate of drug-likeness (QED) is 0.893. The van der Waals surface area contributed by atoms with Crippen LogP contribution in [0.25, 0.3) is 11.1 Å². The van der Waals surface area contributed by atoms with Gasteiger partial charge in [0.25, 0.3) is 0 Å². The van der Waals surface area contributed by atoms with E-state index in [1.165, 1.54) is 27.8 Å². The van der Waals surface area contributed by atoms with E-state index in [1.54, 1.807) is 7.11 Å². The first-order chi connectivity index (χ1) is 8.86. The molecule has 1 aliphatic rings. The summed E-state index contributed by atoms with van der Waals surface area (Å²) in [6, 6.07) is 14.6. The van der Waals surface area contributed by atoms with Gasteiger partial charge in [-0.15, -0.1) is 0 Å². The van der Waals surface area contributed by atoms with Crippen LogP contribution in [0.5, 0.6) is 0 Å². The second kappa shape index (κ2) is 4.56. The van der Waals surface area contributed by atoms with Crippen molar-refractivity contribution in [2.45, 2.75) is 12.5 Å². The molecule has 2 heteroatoms. The zero-order valence-electron chi connectivity index (χ0n) is 10.4. The van der Waals surface area contributed by atoms with Gasteiger partial charge in [0.2, 0.25) is 0 Å². The van der Waals surface area contributed by atoms with Gasteiger partial charge < -0.3 is 9.84 Å². The topological polar surface area (TPSA) is 29.5 Å². The molecule has 0 amide bonds. The molecule has 0 saturated carbocycles. The highest BCUT2D eigenvalue weighted by molar-refractivity contribution is 5.80. The highest BCUT2D eigenvalue weighted by atomic mass is 16.5. The molecule has 0 heterocycles. The minimum atomic E-state index is 0.0857. The molecule has 2 aromatic carbocycles. The van der Waals surface area contributed by atoms with Crippen molar-refractivity contribution in [3.8, 4) is 11.1 Å². The molecule has 1 aliphatic carbocycles. The van der Waals surface area contributed by atoms with Gasteiger partial charge in [0, 0.05) is 13.0 Å². The van der Waals surface area contributed by atoms with Gasteiger partial charge in [-0.2, -0.15) is 0 Å². The van der Waals surface area contributed by atoms with Gasteiger partial charge in [-0.05, 0) is 27.8 Å². The number of rotatable bonds is 3. The van der Waals surface area contributed by atoms with Gasteiger partial charge in [0.1, 0.15) is 0 Å². The summed E-state index contributed by atoms with van der Waals surface area (Å²) in [6.07, 6.45) is 0. The molecule has 0 aliphatic heterocycles. The lowest BCUT2D eigenvalue weighted by Gasteiger charge is -2.14. The number of aliphatic hydroxyl groups is 1. The largest absolute Gasteiger partial charge is 0.395 e. The van der Waals surface area contributed by atoms with Crippen LogP contribution in [-0.4, -0.2) is 18.8 Å². The van der Waals surface area contributed by atoms with Crippen molar-refractivity contribution in [3.63, 3.8) is 0 Å². The number of aliphatic hydroxyl groups excluding tert-OH is 1. The molecule has 0 radical (unpaired) electrons. The lowest BCUT2D eigenvalue weighted by atomic mass is 9.94. The van der Waals surface area contributed by atoms with Crippen LogP contribution in [0.2, 0.25) is 0 Å². The number of benzene rings is 2. The summed E-state index contributed by atoms with van der Waals surface area (Å²) in [7, 11) is 1.70. The van der Waals surface area contributed by atoms with Crippen molar-refractivity contribution in [1.82, 2.24) is 0 Å². The Morgan fingerprint density at radius 2 is 1.83 bits per heavy atom. The Balaban J connectivity index is 2.23. The molecule has 1 atom stereocenters. The molecule has 2 nitrogen and oxygen atoms in total. The van der Waals surface area contributed by atoms with Crippen molar-refractivity contribution < 1.29 is 9.84 Å². The first-order valence-corrected chi connectivity index (χ1v) is 6.17. The second-order valence-electron chi connectivity index (χ2n) is 4.63. The van der Waals surface area contributed by atoms with E-state index < -0.39 is 0 Å². The summed E-state index contributed by atoms with van der Waals surface area (Å²) in [5, 5.41) is 9.71. The van der Waals surface area contributed by atoms with Crippen molar-refractivity contribution in [1.29, 1.82) is 0 Å². The molecule has 0 fully saturated rings. The highest BCUT2D eigenvalue weighted by Gasteiger charge is 2.29. The Morgan fingerprint density at radius 1 is 1.06 bits per heavy atom. The maximum Gasteiger partial charge on any atom is 0.0716 e. The summed E-state index contributed by atoms with van der Waals surface area (Å²) in [5.41, 5.74) is 6.09. The van der Waals surface area contributed by atoms with Crippen LogP contribution < -0.4 is 0 Å². The van der Waals surface area contributed by atoms with Gasteiger partial charge in [-0.25, -0.2) is 0 Å². The number of hydrogen-bond acceptors (Lipinski definition) is 2. The molecule has 0 aromatic heterocycles. The van der Waals surface area contributed by atoms with Crippen LogP contribution in [-0.2, 0) is 11.3 Å². The molecule has 0 saturated heterocycles. The fourth-order valence-corrected chi connectivity index (χ4v) is 2.93. The van der Waals surface area contributed by atoms with E-state index in [9.17, 15) is 5.11 Å². The SMILES string of the molecule is COCc1cccc2c1C(CO)c1ccccc1-2. The lowest BCUT2D eigenvalue weighted by Crippen LogP contribution is -2.05. The Labute approximate surface area is 107 Å². The molecule has 1 N–H and O–H groups in total. The fourth-order valence-electron chi connectivity index (χ4n) is 2.93. The minimum absolute atomic E-state index is 0.0857. The maximum atomic E-state index is 9.71. The molecule has 0 bridgehead atoms. The predicted molar refractivity (Wildman–Crippen MR) is 71.5 cm³/mol. The van der Waals surface area contributed by atoms with E-state index in [0.717, 1.165) is 0 Å². The van der Waals surface area contributed by atoms with E-state index >= 15 is 0 Å². The average Bonchev–Trinajstić information content (AvgIpc) is 2.74. The number of fused-ring (bicyclic) bond motifs is 3. The van der Waals surface area contributed by atoms with E-state index in [0.29, 0.717) is 6.61 Å². The Bertz CT molecular complexity index is 575. The van der Waals surface area contributed by atoms with Gasteiger partial charge >= 0.3 is 0 Å². The monoisotopic (exact) mass is 240 g/mol. The molecule has 0 spiro atoms. The highest BCUT2D eigenvalue weighted by Crippen LogP contribution is 2.45. The van der Waals surface area contributed by atoms with E-state index in [1.807, 2.05) is 12.1 Å². The van der Waals surface area contributed by atoms with E-state index in [4.69, 9.17) is 4.74 Å². The third kappa shape index (κ3) is 1.57. The molecule has 92 valence electrons. The normalized spacial score (nSPS) is 16.4. The fraction of sp³-hybridized carbons (Fsp3) is 0.250. The zero-order chi connectivity index (χ0) is 12.5. The van der Waals surface area contributed by atoms with Crippen molar-refractivity contribution in [2.24, 2.45) is 0 Å². The molecule has 1 unspecified atom stereocenters. The average molecular weight is 240 g/mol. The smallest absolute Gasteiger partial charge is 0.0716 e. The Hall–Kier alpha value is -1.64. The number of ether oxygens (including phenoxy) is 1. The summed E-state index contributed by atoms with van der Waals surface area (Å²) in [5.74, 6) is 0.0857. The predicted octanol–water partition coefficient (Wildman–Crippen LogP) is 2.94. The molecule has 18 heavy (non-hydrogen) atoms. The summed E-state index contributed by atoms with van der Waals surface area (Å²) < 4.78 is 5.26. The first-order valence-electron chi connectivity index (χ1n) is 6.17. The van der Waals surface area contributed by atoms with Crippen LogP contribution in [0, 0.1) is 0 Å². The number of methoxy groups -OCH3 is 1. The third-order valence-electron chi connectivity index (χ3n) is 3.65. The van der Waals surface area contributed by atoms with Crippen molar-refractivity contribution in [3.05, 3.63) is 59.2 Å². The molecular formula is C16H16O2. The summed E-state index contributed by atoms with van der Waals surface area (Å²) in [6.45, 7) is 0.735. The summed E-state index contributed by atoms with van der Waals surface area (Å²) >= 11 is 0. The molecule has 2 aromatic rings. The zero-order valence-corrected chi connectivity index (χ0v) is 10.4. The lowest BCUT2D eigenvalue weighted by molar-refractivity contribution is 0.183. The van der Waals surface area contributed by atoms with Crippen LogP contribution >= 0.6 is 0 Å². The Kier molecular flexibility index (Phi) is 2.90. The first kappa shape index (κ1) is 11.5. The van der Waals surface area contributed by atoms with Gasteiger partial charge in [0.15, 0.2) is 0 Å². The second-order valence-corrected chi connectivity index (χ2v) is 4.63. The van der Waals surface area contributed by atoms with Crippen molar-refractivity contribution >= 4 is 0 Å². The molecular weight excluding hydrogens is 224 g/mol. The van der Waals surface area contributed by atoms with E-state index in [2.05, 4.69) is 30.3 Å². The minimum Gasteiger partial charge on any atom is -0.395 e. The Morgan fingerprint density at radius 3 is 2.61 bits per heavy atom. The van der Waals surface area contributed by atoms with E-state index in [-0.39, 0.29) is 12.5 Å². The van der Waals surface area contributed by atoms with Crippen LogP contribution in [0.3, 0.4) is 0 Å².